The fourth-order valence-corrected chi connectivity index (χ4v) is 2.11. The van der Waals surface area contributed by atoms with E-state index in [2.05, 4.69) is 39.8 Å². The van der Waals surface area contributed by atoms with Crippen molar-refractivity contribution in [3.63, 3.8) is 0 Å². The summed E-state index contributed by atoms with van der Waals surface area (Å²) >= 11 is 0. The van der Waals surface area contributed by atoms with Gasteiger partial charge in [-0.2, -0.15) is 5.10 Å². The molecule has 5 nitrogen and oxygen atoms in total. The van der Waals surface area contributed by atoms with Gasteiger partial charge in [-0.15, -0.1) is 0 Å². The number of nitrogens with one attached hydrogen (secondary N) is 2. The third-order valence-electron chi connectivity index (χ3n) is 3.29. The van der Waals surface area contributed by atoms with E-state index in [0.29, 0.717) is 0 Å². The molecule has 112 valence electrons. The second kappa shape index (κ2) is 8.09. The molecule has 1 aromatic carbocycles. The van der Waals surface area contributed by atoms with Gasteiger partial charge in [-0.3, -0.25) is 9.67 Å². The van der Waals surface area contributed by atoms with Crippen molar-refractivity contribution in [3.05, 3.63) is 54.4 Å². The molecule has 0 bridgehead atoms. The minimum atomic E-state index is 0.225. The number of rotatable bonds is 6. The molecule has 1 atom stereocenters. The molecule has 0 spiro atoms. The van der Waals surface area contributed by atoms with Crippen molar-refractivity contribution < 1.29 is 0 Å². The summed E-state index contributed by atoms with van der Waals surface area (Å²) in [6.07, 6.45) is 4.78. The van der Waals surface area contributed by atoms with E-state index in [1.54, 1.807) is 13.2 Å². The van der Waals surface area contributed by atoms with Crippen LogP contribution in [-0.2, 0) is 6.54 Å². The zero-order valence-corrected chi connectivity index (χ0v) is 12.7. The molecule has 1 unspecified atom stereocenters. The van der Waals surface area contributed by atoms with Crippen molar-refractivity contribution in [3.8, 4) is 0 Å². The molecule has 0 aliphatic rings. The van der Waals surface area contributed by atoms with Gasteiger partial charge in [0.25, 0.3) is 0 Å². The fourth-order valence-electron chi connectivity index (χ4n) is 2.11. The molecule has 0 radical (unpaired) electrons. The van der Waals surface area contributed by atoms with E-state index in [1.807, 2.05) is 35.1 Å². The quantitative estimate of drug-likeness (QED) is 0.486. The Bertz CT molecular complexity index is 533. The van der Waals surface area contributed by atoms with Crippen LogP contribution >= 0.6 is 0 Å². The minimum Gasteiger partial charge on any atom is -0.356 e. The van der Waals surface area contributed by atoms with Gasteiger partial charge in [0, 0.05) is 32.5 Å². The predicted molar refractivity (Wildman–Crippen MR) is 86.2 cm³/mol. The van der Waals surface area contributed by atoms with Crippen LogP contribution in [0.5, 0.6) is 0 Å². The maximum Gasteiger partial charge on any atom is 0.191 e. The first-order valence-electron chi connectivity index (χ1n) is 7.29. The summed E-state index contributed by atoms with van der Waals surface area (Å²) in [5.74, 6) is 0.826. The molecule has 1 aromatic heterocycles. The number of aryl methyl sites for hydroxylation is 1. The zero-order valence-electron chi connectivity index (χ0n) is 12.7. The van der Waals surface area contributed by atoms with Crippen molar-refractivity contribution in [2.24, 2.45) is 4.99 Å². The predicted octanol–water partition coefficient (Wildman–Crippen LogP) is 2.20. The van der Waals surface area contributed by atoms with E-state index >= 15 is 0 Å². The SMILES string of the molecule is CN=C(NCCCn1cccn1)NC(C)c1ccccc1. The lowest BCUT2D eigenvalue weighted by molar-refractivity contribution is 0.567. The van der Waals surface area contributed by atoms with E-state index in [4.69, 9.17) is 0 Å². The highest BCUT2D eigenvalue weighted by atomic mass is 15.3. The molecule has 1 heterocycles. The van der Waals surface area contributed by atoms with Gasteiger partial charge in [-0.05, 0) is 25.0 Å². The number of nitrogens with zero attached hydrogens (tertiary/aromatic N) is 3. The highest BCUT2D eigenvalue weighted by Crippen LogP contribution is 2.10. The first-order chi connectivity index (χ1) is 10.3. The number of hydrogen-bond donors (Lipinski definition) is 2. The Morgan fingerprint density at radius 3 is 2.76 bits per heavy atom. The number of aliphatic imine (C=N–C) groups is 1. The van der Waals surface area contributed by atoms with Gasteiger partial charge in [0.2, 0.25) is 0 Å². The van der Waals surface area contributed by atoms with Crippen LogP contribution in [0.3, 0.4) is 0 Å². The van der Waals surface area contributed by atoms with Gasteiger partial charge in [0.15, 0.2) is 5.96 Å². The first kappa shape index (κ1) is 15.1. The average molecular weight is 285 g/mol. The van der Waals surface area contributed by atoms with Crippen LogP contribution in [0.25, 0.3) is 0 Å². The summed E-state index contributed by atoms with van der Waals surface area (Å²) < 4.78 is 1.93. The van der Waals surface area contributed by atoms with Crippen molar-refractivity contribution in [2.45, 2.75) is 25.9 Å². The zero-order chi connectivity index (χ0) is 14.9. The number of benzene rings is 1. The van der Waals surface area contributed by atoms with Crippen LogP contribution in [0.2, 0.25) is 0 Å². The van der Waals surface area contributed by atoms with E-state index in [-0.39, 0.29) is 6.04 Å². The molecule has 0 fully saturated rings. The van der Waals surface area contributed by atoms with Crippen LogP contribution in [0, 0.1) is 0 Å². The lowest BCUT2D eigenvalue weighted by atomic mass is 10.1. The van der Waals surface area contributed by atoms with Crippen LogP contribution in [0.4, 0.5) is 0 Å². The van der Waals surface area contributed by atoms with Gasteiger partial charge in [0.05, 0.1) is 6.04 Å². The first-order valence-corrected chi connectivity index (χ1v) is 7.29. The van der Waals surface area contributed by atoms with Crippen molar-refractivity contribution >= 4 is 5.96 Å². The van der Waals surface area contributed by atoms with Crippen LogP contribution in [0.1, 0.15) is 24.9 Å². The Balaban J connectivity index is 1.73. The van der Waals surface area contributed by atoms with Crippen molar-refractivity contribution in [1.82, 2.24) is 20.4 Å². The fraction of sp³-hybridized carbons (Fsp3) is 0.375. The Morgan fingerprint density at radius 1 is 1.29 bits per heavy atom. The molecule has 0 saturated heterocycles. The van der Waals surface area contributed by atoms with Gasteiger partial charge in [-0.25, -0.2) is 0 Å². The van der Waals surface area contributed by atoms with Gasteiger partial charge in [-0.1, -0.05) is 30.3 Å². The highest BCUT2D eigenvalue weighted by molar-refractivity contribution is 5.80. The second-order valence-electron chi connectivity index (χ2n) is 4.90. The molecule has 21 heavy (non-hydrogen) atoms. The molecule has 2 aromatic rings. The number of guanidine groups is 1. The Labute approximate surface area is 126 Å². The molecule has 0 saturated carbocycles. The highest BCUT2D eigenvalue weighted by Gasteiger charge is 2.06. The normalized spacial score (nSPS) is 13.0. The summed E-state index contributed by atoms with van der Waals surface area (Å²) in [6.45, 7) is 3.90. The maximum absolute atomic E-state index is 4.26. The molecule has 0 aliphatic carbocycles. The second-order valence-corrected chi connectivity index (χ2v) is 4.90. The third-order valence-corrected chi connectivity index (χ3v) is 3.29. The average Bonchev–Trinajstić information content (AvgIpc) is 3.04. The molecule has 0 aliphatic heterocycles. The monoisotopic (exact) mass is 285 g/mol. The van der Waals surface area contributed by atoms with Crippen molar-refractivity contribution in [1.29, 1.82) is 0 Å². The minimum absolute atomic E-state index is 0.225. The number of hydrogen-bond acceptors (Lipinski definition) is 2. The molecular formula is C16H23N5. The summed E-state index contributed by atoms with van der Waals surface area (Å²) in [7, 11) is 1.79. The Kier molecular flexibility index (Phi) is 5.82. The molecular weight excluding hydrogens is 262 g/mol. The molecule has 0 amide bonds. The summed E-state index contributed by atoms with van der Waals surface area (Å²) in [4.78, 5) is 4.26. The maximum atomic E-state index is 4.26. The molecule has 2 N–H and O–H groups in total. The van der Waals surface area contributed by atoms with Crippen LogP contribution in [0.15, 0.2) is 53.8 Å². The third kappa shape index (κ3) is 4.95. The molecule has 2 rings (SSSR count). The van der Waals surface area contributed by atoms with Crippen molar-refractivity contribution in [2.75, 3.05) is 13.6 Å². The summed E-state index contributed by atoms with van der Waals surface area (Å²) in [5, 5.41) is 10.9. The standard InChI is InChI=1S/C16H23N5/c1-14(15-8-4-3-5-9-15)20-16(17-2)18-10-6-12-21-13-7-11-19-21/h3-5,7-9,11,13-14H,6,10,12H2,1-2H3,(H2,17,18,20). The summed E-state index contributed by atoms with van der Waals surface area (Å²) in [5.41, 5.74) is 1.25. The lowest BCUT2D eigenvalue weighted by Gasteiger charge is -2.18. The van der Waals surface area contributed by atoms with Gasteiger partial charge >= 0.3 is 0 Å². The molecule has 5 heteroatoms. The van der Waals surface area contributed by atoms with E-state index in [9.17, 15) is 0 Å². The topological polar surface area (TPSA) is 54.2 Å². The van der Waals surface area contributed by atoms with E-state index in [0.717, 1.165) is 25.5 Å². The number of aromatic nitrogens is 2. The Morgan fingerprint density at radius 2 is 2.10 bits per heavy atom. The van der Waals surface area contributed by atoms with Crippen LogP contribution in [-0.4, -0.2) is 29.3 Å². The van der Waals surface area contributed by atoms with E-state index in [1.165, 1.54) is 5.56 Å². The lowest BCUT2D eigenvalue weighted by Crippen LogP contribution is -2.39. The Hall–Kier alpha value is -2.30. The van der Waals surface area contributed by atoms with E-state index < -0.39 is 0 Å². The van der Waals surface area contributed by atoms with Gasteiger partial charge in [0.1, 0.15) is 0 Å². The summed E-state index contributed by atoms with van der Waals surface area (Å²) in [6, 6.07) is 12.5. The largest absolute Gasteiger partial charge is 0.356 e. The smallest absolute Gasteiger partial charge is 0.191 e. The van der Waals surface area contributed by atoms with Gasteiger partial charge < -0.3 is 10.6 Å². The van der Waals surface area contributed by atoms with Crippen LogP contribution < -0.4 is 10.6 Å².